The first-order valence-corrected chi connectivity index (χ1v) is 3.97. The van der Waals surface area contributed by atoms with Gasteiger partial charge in [-0.1, -0.05) is 0 Å². The Morgan fingerprint density at radius 1 is 1.30 bits per heavy atom. The molecule has 0 radical (unpaired) electrons. The van der Waals surface area contributed by atoms with Crippen LogP contribution in [0.4, 0.5) is 0 Å². The lowest BCUT2D eigenvalue weighted by molar-refractivity contribution is 0.0617. The van der Waals surface area contributed by atoms with Crippen molar-refractivity contribution in [2.75, 3.05) is 13.2 Å². The average Bonchev–Trinajstić information content (AvgIpc) is 1.88. The van der Waals surface area contributed by atoms with Crippen LogP contribution in [0.2, 0.25) is 0 Å². The summed E-state index contributed by atoms with van der Waals surface area (Å²) in [5.41, 5.74) is 5.95. The normalized spacial score (nSPS) is 22.9. The lowest BCUT2D eigenvalue weighted by Crippen LogP contribution is -2.50. The zero-order chi connectivity index (χ0) is 7.61. The molecule has 1 rings (SSSR count). The van der Waals surface area contributed by atoms with Gasteiger partial charge in [-0.15, -0.1) is 0 Å². The van der Waals surface area contributed by atoms with Gasteiger partial charge in [0.2, 0.25) is 0 Å². The monoisotopic (exact) mass is 139 g/mol. The van der Waals surface area contributed by atoms with Crippen LogP contribution in [0.25, 0.3) is 0 Å². The van der Waals surface area contributed by atoms with Gasteiger partial charge in [0.1, 0.15) is 15.7 Å². The first-order valence-electron chi connectivity index (χ1n) is 3.97. The molecular weight excluding hydrogens is 124 g/mol. The highest BCUT2D eigenvalue weighted by Gasteiger charge is 2.26. The number of hydrogen-bond donors (Lipinski definition) is 1. The Balaban J connectivity index is 2.39. The molecule has 2 nitrogen and oxygen atoms in total. The van der Waals surface area contributed by atoms with Crippen molar-refractivity contribution in [3.05, 3.63) is 0 Å². The lowest BCUT2D eigenvalue weighted by atomic mass is 9.54. The largest absolute Gasteiger partial charge is 0.381 e. The molecule has 0 bridgehead atoms. The predicted molar refractivity (Wildman–Crippen MR) is 47.5 cm³/mol. The van der Waals surface area contributed by atoms with Crippen molar-refractivity contribution in [3.8, 4) is 0 Å². The molecule has 0 spiro atoms. The second kappa shape index (κ2) is 2.97. The quantitative estimate of drug-likeness (QED) is 0.439. The number of rotatable bonds is 1. The van der Waals surface area contributed by atoms with E-state index >= 15 is 0 Å². The summed E-state index contributed by atoms with van der Waals surface area (Å²) < 4.78 is 5.24. The van der Waals surface area contributed by atoms with Gasteiger partial charge in [0, 0.05) is 13.2 Å². The van der Waals surface area contributed by atoms with E-state index in [2.05, 4.69) is 15.7 Å². The van der Waals surface area contributed by atoms with Gasteiger partial charge in [-0.2, -0.15) is 0 Å². The molecule has 0 aromatic heterocycles. The maximum Gasteiger partial charge on any atom is 0.116 e. The first-order chi connectivity index (χ1) is 4.61. The highest BCUT2D eigenvalue weighted by atomic mass is 16.5. The van der Waals surface area contributed by atoms with Gasteiger partial charge in [0.15, 0.2) is 0 Å². The maximum absolute atomic E-state index is 5.95. The van der Waals surface area contributed by atoms with Crippen molar-refractivity contribution in [2.45, 2.75) is 18.2 Å². The SMILES string of the molecule is BC(B)(N)C1CCOCC1. The minimum absolute atomic E-state index is 0.0101. The van der Waals surface area contributed by atoms with Crippen molar-refractivity contribution in [1.29, 1.82) is 0 Å². The second-order valence-electron chi connectivity index (χ2n) is 3.71. The fraction of sp³-hybridized carbons (Fsp3) is 1.00. The molecule has 0 saturated carbocycles. The van der Waals surface area contributed by atoms with Crippen LogP contribution in [0, 0.1) is 5.92 Å². The van der Waals surface area contributed by atoms with Gasteiger partial charge in [-0.3, -0.25) is 0 Å². The summed E-state index contributed by atoms with van der Waals surface area (Å²) in [6, 6.07) is 0. The Morgan fingerprint density at radius 2 is 1.80 bits per heavy atom. The van der Waals surface area contributed by atoms with E-state index in [1.165, 1.54) is 0 Å². The molecule has 1 aliphatic heterocycles. The fourth-order valence-electron chi connectivity index (χ4n) is 1.44. The third-order valence-electron chi connectivity index (χ3n) is 2.27. The van der Waals surface area contributed by atoms with Gasteiger partial charge < -0.3 is 10.5 Å². The third-order valence-corrected chi connectivity index (χ3v) is 2.27. The smallest absolute Gasteiger partial charge is 0.116 e. The molecule has 10 heavy (non-hydrogen) atoms. The molecule has 56 valence electrons. The van der Waals surface area contributed by atoms with Gasteiger partial charge in [-0.05, 0) is 24.1 Å². The summed E-state index contributed by atoms with van der Waals surface area (Å²) in [4.78, 5) is 0. The summed E-state index contributed by atoms with van der Waals surface area (Å²) in [5.74, 6) is 0.654. The minimum Gasteiger partial charge on any atom is -0.381 e. The van der Waals surface area contributed by atoms with Gasteiger partial charge in [0.25, 0.3) is 0 Å². The summed E-state index contributed by atoms with van der Waals surface area (Å²) in [7, 11) is 4.20. The van der Waals surface area contributed by atoms with Crippen molar-refractivity contribution in [1.82, 2.24) is 0 Å². The standard InChI is InChI=1S/C6H15B2NO/c7-6(8,9)5-1-3-10-4-2-5/h5H,1-4,7-9H2. The molecule has 1 fully saturated rings. The van der Waals surface area contributed by atoms with Gasteiger partial charge in [-0.25, -0.2) is 0 Å². The summed E-state index contributed by atoms with van der Waals surface area (Å²) in [5, 5.41) is -0.0101. The zero-order valence-corrected chi connectivity index (χ0v) is 6.89. The van der Waals surface area contributed by atoms with Crippen molar-refractivity contribution in [2.24, 2.45) is 11.7 Å². The maximum atomic E-state index is 5.95. The van der Waals surface area contributed by atoms with E-state index in [1.54, 1.807) is 0 Å². The highest BCUT2D eigenvalue weighted by molar-refractivity contribution is 6.40. The van der Waals surface area contributed by atoms with Crippen molar-refractivity contribution >= 4 is 15.7 Å². The van der Waals surface area contributed by atoms with E-state index in [0.717, 1.165) is 26.1 Å². The molecular formula is C6H15B2NO. The lowest BCUT2D eigenvalue weighted by Gasteiger charge is -2.33. The van der Waals surface area contributed by atoms with Crippen molar-refractivity contribution < 1.29 is 4.74 Å². The van der Waals surface area contributed by atoms with Crippen LogP contribution in [0.3, 0.4) is 0 Å². The van der Waals surface area contributed by atoms with Crippen LogP contribution in [0.1, 0.15) is 12.8 Å². The molecule has 0 atom stereocenters. The van der Waals surface area contributed by atoms with Crippen LogP contribution < -0.4 is 5.73 Å². The van der Waals surface area contributed by atoms with E-state index < -0.39 is 0 Å². The Bertz CT molecular complexity index is 107. The predicted octanol–water partition coefficient (Wildman–Crippen LogP) is -1.71. The van der Waals surface area contributed by atoms with E-state index in [0.29, 0.717) is 5.92 Å². The molecule has 1 heterocycles. The van der Waals surface area contributed by atoms with Crippen LogP contribution in [-0.2, 0) is 4.74 Å². The third kappa shape index (κ3) is 2.03. The molecule has 1 aliphatic rings. The van der Waals surface area contributed by atoms with E-state index in [9.17, 15) is 0 Å². The summed E-state index contributed by atoms with van der Waals surface area (Å²) in [6.07, 6.45) is 2.26. The van der Waals surface area contributed by atoms with Crippen LogP contribution in [0.15, 0.2) is 0 Å². The molecule has 2 N–H and O–H groups in total. The molecule has 1 saturated heterocycles. The topological polar surface area (TPSA) is 35.2 Å². The van der Waals surface area contributed by atoms with E-state index in [4.69, 9.17) is 10.5 Å². The Labute approximate surface area is 64.3 Å². The summed E-state index contributed by atoms with van der Waals surface area (Å²) >= 11 is 0. The van der Waals surface area contributed by atoms with Crippen LogP contribution in [-0.4, -0.2) is 34.2 Å². The molecule has 0 aliphatic carbocycles. The number of hydrogen-bond acceptors (Lipinski definition) is 2. The Kier molecular flexibility index (Phi) is 2.42. The van der Waals surface area contributed by atoms with Crippen LogP contribution >= 0.6 is 0 Å². The zero-order valence-electron chi connectivity index (χ0n) is 6.89. The Morgan fingerprint density at radius 3 is 2.10 bits per heavy atom. The second-order valence-corrected chi connectivity index (χ2v) is 3.71. The van der Waals surface area contributed by atoms with Gasteiger partial charge in [0.05, 0.1) is 0 Å². The van der Waals surface area contributed by atoms with Crippen LogP contribution in [0.5, 0.6) is 0 Å². The first kappa shape index (κ1) is 8.15. The molecule has 0 aromatic carbocycles. The van der Waals surface area contributed by atoms with Gasteiger partial charge >= 0.3 is 0 Å². The average molecular weight is 139 g/mol. The minimum atomic E-state index is -0.0101. The van der Waals surface area contributed by atoms with E-state index in [1.807, 2.05) is 0 Å². The molecule has 0 amide bonds. The summed E-state index contributed by atoms with van der Waals surface area (Å²) in [6.45, 7) is 1.79. The fourth-order valence-corrected chi connectivity index (χ4v) is 1.44. The molecule has 0 unspecified atom stereocenters. The Hall–Kier alpha value is 0.0499. The number of ether oxygens (including phenoxy) is 1. The van der Waals surface area contributed by atoms with Crippen molar-refractivity contribution in [3.63, 3.8) is 0 Å². The number of nitrogens with two attached hydrogens (primary N) is 1. The highest BCUT2D eigenvalue weighted by Crippen LogP contribution is 2.20. The molecule has 4 heteroatoms. The van der Waals surface area contributed by atoms with E-state index in [-0.39, 0.29) is 5.34 Å². The molecule has 0 aromatic rings.